The fraction of sp³-hybridized carbons (Fsp3) is 0.115. The molecule has 0 saturated carbocycles. The monoisotopic (exact) mass is 822 g/mol. The van der Waals surface area contributed by atoms with E-state index in [0.717, 1.165) is 33.6 Å². The summed E-state index contributed by atoms with van der Waals surface area (Å²) in [6, 6.07) is 61.4. The van der Waals surface area contributed by atoms with Crippen LogP contribution in [0.4, 0.5) is 40.3 Å². The molecular formula is C52H46F4N2Ti. The van der Waals surface area contributed by atoms with Crippen molar-refractivity contribution >= 4 is 22.7 Å². The molecule has 0 radical (unpaired) electrons. The van der Waals surface area contributed by atoms with Crippen molar-refractivity contribution in [2.45, 2.75) is 40.8 Å². The third kappa shape index (κ3) is 14.7. The van der Waals surface area contributed by atoms with Gasteiger partial charge in [-0.1, -0.05) is 95.1 Å². The zero-order valence-corrected chi connectivity index (χ0v) is 35.2. The van der Waals surface area contributed by atoms with Gasteiger partial charge < -0.3 is 9.80 Å². The summed E-state index contributed by atoms with van der Waals surface area (Å²) in [6.07, 6.45) is 0. The van der Waals surface area contributed by atoms with E-state index in [1.807, 2.05) is 195 Å². The number of aryl methyl sites for hydroxylation is 4. The Morgan fingerprint density at radius 3 is 0.949 bits per heavy atom. The topological polar surface area (TPSA) is 6.48 Å². The van der Waals surface area contributed by atoms with Crippen molar-refractivity contribution in [2.75, 3.05) is 9.80 Å². The first-order valence-corrected chi connectivity index (χ1v) is 18.9. The van der Waals surface area contributed by atoms with Crippen LogP contribution < -0.4 is 9.80 Å². The Labute approximate surface area is 361 Å². The van der Waals surface area contributed by atoms with Gasteiger partial charge in [-0.2, -0.15) is 36.4 Å². The van der Waals surface area contributed by atoms with E-state index in [1.54, 1.807) is 0 Å². The number of rotatable bonds is 8. The van der Waals surface area contributed by atoms with Crippen LogP contribution in [0.25, 0.3) is 0 Å². The molecule has 0 amide bonds. The Morgan fingerprint density at radius 2 is 0.695 bits per heavy atom. The third-order valence-electron chi connectivity index (χ3n) is 8.99. The molecular weight excluding hydrogens is 776 g/mol. The quantitative estimate of drug-likeness (QED) is 0.0856. The van der Waals surface area contributed by atoms with Crippen molar-refractivity contribution in [1.82, 2.24) is 0 Å². The molecule has 0 heterocycles. The summed E-state index contributed by atoms with van der Waals surface area (Å²) in [7, 11) is 0. The minimum Gasteiger partial charge on any atom is -0.388 e. The van der Waals surface area contributed by atoms with Gasteiger partial charge in [-0.05, 0) is 74.5 Å². The minimum atomic E-state index is -0.699. The van der Waals surface area contributed by atoms with E-state index < -0.39 is 23.3 Å². The second kappa shape index (κ2) is 23.5. The Balaban J connectivity index is 0.000000207. The number of nitrogens with zero attached hydrogens (tertiary/aromatic N) is 2. The van der Waals surface area contributed by atoms with Crippen LogP contribution in [0.2, 0.25) is 0 Å². The largest absolute Gasteiger partial charge is 4.00 e. The number of anilines is 4. The second-order valence-electron chi connectivity index (χ2n) is 13.8. The van der Waals surface area contributed by atoms with Crippen molar-refractivity contribution in [3.63, 3.8) is 0 Å². The summed E-state index contributed by atoms with van der Waals surface area (Å²) in [5.41, 5.74) is 8.99. The fourth-order valence-corrected chi connectivity index (χ4v) is 5.76. The molecule has 8 aromatic carbocycles. The van der Waals surface area contributed by atoms with Gasteiger partial charge in [0.1, 0.15) is 0 Å². The summed E-state index contributed by atoms with van der Waals surface area (Å²) < 4.78 is 55.0. The van der Waals surface area contributed by atoms with E-state index in [2.05, 4.69) is 12.1 Å². The first kappa shape index (κ1) is 45.8. The van der Waals surface area contributed by atoms with Crippen LogP contribution in [-0.2, 0) is 34.8 Å². The Kier molecular flexibility index (Phi) is 18.2. The Hall–Kier alpha value is -5.95. The van der Waals surface area contributed by atoms with Gasteiger partial charge in [-0.3, -0.25) is 0 Å². The Morgan fingerprint density at radius 1 is 0.407 bits per heavy atom. The van der Waals surface area contributed by atoms with Crippen molar-refractivity contribution in [1.29, 1.82) is 0 Å². The SMILES string of the molecule is Cc1ccc(CN(c2ccc(C)cc2)c2ccc(F)[c-]c2F)cc1.Cc1ccc(CN(c2ccc(C)cc2)c2ccc(F)[c-]c2F)cc1.[Ti+4].c1cc[cH-]c1.c1cc[cH-]c1. The number of hydrogen-bond donors (Lipinski definition) is 0. The van der Waals surface area contributed by atoms with Gasteiger partial charge in [0.2, 0.25) is 0 Å². The number of halogens is 4. The van der Waals surface area contributed by atoms with Gasteiger partial charge in [-0.25, -0.2) is 41.8 Å². The molecule has 0 aliphatic rings. The van der Waals surface area contributed by atoms with E-state index in [9.17, 15) is 17.6 Å². The van der Waals surface area contributed by atoms with Crippen LogP contribution in [-0.4, -0.2) is 0 Å². The molecule has 7 heteroatoms. The first-order chi connectivity index (χ1) is 28.0. The minimum absolute atomic E-state index is 0. The van der Waals surface area contributed by atoms with Crippen molar-refractivity contribution in [3.8, 4) is 0 Å². The predicted octanol–water partition coefficient (Wildman–Crippen LogP) is 14.2. The second-order valence-corrected chi connectivity index (χ2v) is 13.8. The van der Waals surface area contributed by atoms with Crippen molar-refractivity contribution < 1.29 is 39.3 Å². The average molecular weight is 823 g/mol. The normalized spacial score (nSPS) is 10.0. The van der Waals surface area contributed by atoms with E-state index >= 15 is 0 Å². The maximum absolute atomic E-state index is 14.3. The summed E-state index contributed by atoms with van der Waals surface area (Å²) in [5, 5.41) is 0. The van der Waals surface area contributed by atoms with Crippen LogP contribution in [0, 0.1) is 63.1 Å². The van der Waals surface area contributed by atoms with Crippen LogP contribution in [0.3, 0.4) is 0 Å². The van der Waals surface area contributed by atoms with Crippen LogP contribution in [0.5, 0.6) is 0 Å². The van der Waals surface area contributed by atoms with Crippen molar-refractivity contribution in [3.05, 3.63) is 251 Å². The first-order valence-electron chi connectivity index (χ1n) is 18.9. The molecule has 0 saturated heterocycles. The smallest absolute Gasteiger partial charge is 0.388 e. The molecule has 0 fully saturated rings. The number of benzene rings is 6. The zero-order chi connectivity index (χ0) is 41.3. The zero-order valence-electron chi connectivity index (χ0n) is 33.6. The van der Waals surface area contributed by atoms with Gasteiger partial charge in [0.05, 0.1) is 0 Å². The van der Waals surface area contributed by atoms with Gasteiger partial charge in [0.15, 0.2) is 0 Å². The van der Waals surface area contributed by atoms with Crippen LogP contribution in [0.15, 0.2) is 182 Å². The van der Waals surface area contributed by atoms with Gasteiger partial charge >= 0.3 is 21.7 Å². The molecule has 8 rings (SSSR count). The summed E-state index contributed by atoms with van der Waals surface area (Å²) in [6.45, 7) is 9.02. The molecule has 0 aliphatic carbocycles. The summed E-state index contributed by atoms with van der Waals surface area (Å²) >= 11 is 0. The van der Waals surface area contributed by atoms with E-state index in [1.165, 1.54) is 35.4 Å². The molecule has 0 bridgehead atoms. The maximum atomic E-state index is 14.3. The molecule has 296 valence electrons. The predicted molar refractivity (Wildman–Crippen MR) is 231 cm³/mol. The van der Waals surface area contributed by atoms with Crippen LogP contribution in [0.1, 0.15) is 33.4 Å². The average Bonchev–Trinajstić information content (AvgIpc) is 4.01. The molecule has 59 heavy (non-hydrogen) atoms. The van der Waals surface area contributed by atoms with E-state index in [4.69, 9.17) is 0 Å². The molecule has 0 spiro atoms. The third-order valence-corrected chi connectivity index (χ3v) is 8.99. The molecule has 0 unspecified atom stereocenters. The van der Waals surface area contributed by atoms with Crippen LogP contribution >= 0.6 is 0 Å². The summed E-state index contributed by atoms with van der Waals surface area (Å²) in [5.74, 6) is -2.78. The van der Waals surface area contributed by atoms with Crippen molar-refractivity contribution in [2.24, 2.45) is 0 Å². The molecule has 8 aromatic rings. The van der Waals surface area contributed by atoms with Gasteiger partial charge in [0, 0.05) is 47.7 Å². The Bertz CT molecular complexity index is 2150. The molecule has 0 aliphatic heterocycles. The fourth-order valence-electron chi connectivity index (χ4n) is 5.76. The van der Waals surface area contributed by atoms with Gasteiger partial charge in [0.25, 0.3) is 0 Å². The molecule has 0 aromatic heterocycles. The number of hydrogen-bond acceptors (Lipinski definition) is 2. The molecule has 2 nitrogen and oxygen atoms in total. The molecule has 0 atom stereocenters. The van der Waals surface area contributed by atoms with E-state index in [-0.39, 0.29) is 21.7 Å². The summed E-state index contributed by atoms with van der Waals surface area (Å²) in [4.78, 5) is 3.66. The standard InChI is InChI=1S/2C21H18F2N.2C5H5.Ti/c2*1-15-3-7-17(8-4-15)14-24(19-10-5-16(2)6-11-19)21-12-9-18(22)13-20(21)23;2*1-2-4-5-3-1;/h2*3-12H,14H2,1-2H3;2*1-5H;/q4*-1;+4. The van der Waals surface area contributed by atoms with Gasteiger partial charge in [-0.15, -0.1) is 36.4 Å². The van der Waals surface area contributed by atoms with E-state index in [0.29, 0.717) is 24.5 Å². The molecule has 0 N–H and O–H groups in total. The maximum Gasteiger partial charge on any atom is 4.00 e.